The molecule has 0 spiro atoms. The van der Waals surface area contributed by atoms with E-state index in [1.165, 1.54) is 18.2 Å². The minimum Gasteiger partial charge on any atom is -0.406 e. The van der Waals surface area contributed by atoms with Gasteiger partial charge in [-0.2, -0.15) is 31.4 Å². The zero-order chi connectivity index (χ0) is 23.7. The summed E-state index contributed by atoms with van der Waals surface area (Å²) in [5.41, 5.74) is -2.31. The molecule has 0 atom stereocenters. The minimum absolute atomic E-state index is 0.121. The number of benzene rings is 2. The second-order valence-corrected chi connectivity index (χ2v) is 7.12. The molecular formula is C19H11Cl2F6N3O2. The summed E-state index contributed by atoms with van der Waals surface area (Å²) < 4.78 is 84.0. The average molecular weight is 498 g/mol. The molecule has 32 heavy (non-hydrogen) atoms. The second-order valence-electron chi connectivity index (χ2n) is 6.30. The van der Waals surface area contributed by atoms with Crippen LogP contribution in [0.15, 0.2) is 48.7 Å². The number of nitrogens with zero attached hydrogens (tertiary/aromatic N) is 2. The quantitative estimate of drug-likeness (QED) is 0.418. The number of halogens is 8. The molecule has 0 aliphatic rings. The highest BCUT2D eigenvalue weighted by Gasteiger charge is 2.40. The lowest BCUT2D eigenvalue weighted by molar-refractivity contribution is -0.144. The molecular weight excluding hydrogens is 487 g/mol. The van der Waals surface area contributed by atoms with Crippen LogP contribution in [0.1, 0.15) is 16.8 Å². The molecule has 13 heteroatoms. The molecule has 1 amide bonds. The third-order valence-electron chi connectivity index (χ3n) is 4.07. The normalized spacial score (nSPS) is 12.0. The van der Waals surface area contributed by atoms with Crippen LogP contribution in [0, 0.1) is 0 Å². The molecule has 0 bridgehead atoms. The zero-order valence-corrected chi connectivity index (χ0v) is 17.1. The number of hydrogen-bond acceptors (Lipinski definition) is 3. The van der Waals surface area contributed by atoms with Gasteiger partial charge in [-0.3, -0.25) is 0 Å². The van der Waals surface area contributed by atoms with Crippen LogP contribution in [0.25, 0.3) is 5.69 Å². The summed E-state index contributed by atoms with van der Waals surface area (Å²) in [7, 11) is 0. The molecule has 0 aliphatic carbocycles. The number of ether oxygens (including phenoxy) is 1. The lowest BCUT2D eigenvalue weighted by Crippen LogP contribution is -2.27. The van der Waals surface area contributed by atoms with Crippen LogP contribution in [0.2, 0.25) is 10.0 Å². The molecule has 0 saturated heterocycles. The number of rotatable bonds is 4. The van der Waals surface area contributed by atoms with Crippen molar-refractivity contribution in [2.75, 3.05) is 0 Å². The summed E-state index contributed by atoms with van der Waals surface area (Å²) in [5, 5.41) is 6.27. The van der Waals surface area contributed by atoms with E-state index in [-0.39, 0.29) is 22.3 Å². The second kappa shape index (κ2) is 8.91. The molecule has 1 N–H and O–H groups in total. The molecule has 0 unspecified atom stereocenters. The number of amides is 1. The number of carbonyl (C=O) groups excluding carboxylic acids is 1. The molecule has 5 nitrogen and oxygen atoms in total. The lowest BCUT2D eigenvalue weighted by Gasteiger charge is -2.13. The Bertz CT molecular complexity index is 1130. The van der Waals surface area contributed by atoms with E-state index in [1.54, 1.807) is 0 Å². The van der Waals surface area contributed by atoms with Gasteiger partial charge in [0.25, 0.3) is 0 Å². The summed E-state index contributed by atoms with van der Waals surface area (Å²) in [6, 6.07) is 7.33. The molecule has 2 aromatic carbocycles. The van der Waals surface area contributed by atoms with Crippen LogP contribution < -0.4 is 10.1 Å². The first-order valence-corrected chi connectivity index (χ1v) is 9.34. The number of hydrogen-bond donors (Lipinski definition) is 1. The molecule has 3 rings (SSSR count). The highest BCUT2D eigenvalue weighted by atomic mass is 35.5. The van der Waals surface area contributed by atoms with E-state index < -0.39 is 35.5 Å². The fourth-order valence-corrected chi connectivity index (χ4v) is 2.94. The average Bonchev–Trinajstić information content (AvgIpc) is 3.12. The highest BCUT2D eigenvalue weighted by Crippen LogP contribution is 2.38. The Hall–Kier alpha value is -2.92. The van der Waals surface area contributed by atoms with Crippen LogP contribution in [-0.4, -0.2) is 15.9 Å². The number of nitrogens with one attached hydrogen (secondary N) is 1. The van der Waals surface area contributed by atoms with Crippen molar-refractivity contribution in [2.45, 2.75) is 18.9 Å². The molecule has 1 heterocycles. The smallest absolute Gasteiger partial charge is 0.406 e. The maximum Gasteiger partial charge on any atom is 0.437 e. The van der Waals surface area contributed by atoms with E-state index >= 15 is 0 Å². The fourth-order valence-electron chi connectivity index (χ4n) is 2.62. The van der Waals surface area contributed by atoms with Gasteiger partial charge in [-0.25, -0.2) is 9.48 Å². The SMILES string of the molecule is O=C(NCc1ccc(Cl)c(Cl)c1)Oc1cnn(-c2ccc(C(F)(F)F)cc2)c1C(F)(F)F. The summed E-state index contributed by atoms with van der Waals surface area (Å²) in [6.07, 6.45) is -10.3. The summed E-state index contributed by atoms with van der Waals surface area (Å²) in [6.45, 7) is -0.121. The zero-order valence-electron chi connectivity index (χ0n) is 15.6. The van der Waals surface area contributed by atoms with Gasteiger partial charge in [-0.05, 0) is 42.0 Å². The van der Waals surface area contributed by atoms with E-state index in [2.05, 4.69) is 10.4 Å². The summed E-state index contributed by atoms with van der Waals surface area (Å²) in [4.78, 5) is 12.0. The van der Waals surface area contributed by atoms with Crippen LogP contribution in [0.3, 0.4) is 0 Å². The van der Waals surface area contributed by atoms with Gasteiger partial charge < -0.3 is 10.1 Å². The highest BCUT2D eigenvalue weighted by molar-refractivity contribution is 6.42. The third kappa shape index (κ3) is 5.46. The van der Waals surface area contributed by atoms with Crippen LogP contribution >= 0.6 is 23.2 Å². The lowest BCUT2D eigenvalue weighted by atomic mass is 10.2. The summed E-state index contributed by atoms with van der Waals surface area (Å²) >= 11 is 11.6. The summed E-state index contributed by atoms with van der Waals surface area (Å²) in [5.74, 6) is -0.927. The maximum atomic E-state index is 13.6. The van der Waals surface area contributed by atoms with Crippen LogP contribution in [-0.2, 0) is 18.9 Å². The molecule has 0 fully saturated rings. The molecule has 0 aliphatic heterocycles. The topological polar surface area (TPSA) is 56.1 Å². The van der Waals surface area contributed by atoms with Crippen molar-refractivity contribution < 1.29 is 35.9 Å². The number of aromatic nitrogens is 2. The minimum atomic E-state index is -5.03. The van der Waals surface area contributed by atoms with Crippen molar-refractivity contribution in [3.63, 3.8) is 0 Å². The molecule has 0 radical (unpaired) electrons. The van der Waals surface area contributed by atoms with Gasteiger partial charge in [-0.1, -0.05) is 29.3 Å². The largest absolute Gasteiger partial charge is 0.437 e. The van der Waals surface area contributed by atoms with Gasteiger partial charge >= 0.3 is 18.4 Å². The maximum absolute atomic E-state index is 13.6. The van der Waals surface area contributed by atoms with Crippen molar-refractivity contribution in [3.05, 3.63) is 75.5 Å². The molecule has 1 aromatic heterocycles. The van der Waals surface area contributed by atoms with Crippen LogP contribution in [0.4, 0.5) is 31.1 Å². The van der Waals surface area contributed by atoms with E-state index in [1.807, 2.05) is 0 Å². The fraction of sp³-hybridized carbons (Fsp3) is 0.158. The first-order valence-electron chi connectivity index (χ1n) is 8.58. The first kappa shape index (κ1) is 23.7. The van der Waals surface area contributed by atoms with Gasteiger partial charge in [0.05, 0.1) is 27.5 Å². The van der Waals surface area contributed by atoms with Gasteiger partial charge in [-0.15, -0.1) is 0 Å². The van der Waals surface area contributed by atoms with E-state index in [4.69, 9.17) is 27.9 Å². The Balaban J connectivity index is 1.80. The van der Waals surface area contributed by atoms with E-state index in [0.717, 1.165) is 12.1 Å². The van der Waals surface area contributed by atoms with Crippen molar-refractivity contribution in [2.24, 2.45) is 0 Å². The Labute approximate surface area is 186 Å². The van der Waals surface area contributed by atoms with Gasteiger partial charge in [0.15, 0.2) is 11.4 Å². The Kier molecular flexibility index (Phi) is 6.61. The number of alkyl halides is 6. The number of carbonyl (C=O) groups is 1. The molecule has 170 valence electrons. The first-order chi connectivity index (χ1) is 14.9. The van der Waals surface area contributed by atoms with Gasteiger partial charge in [0.1, 0.15) is 0 Å². The monoisotopic (exact) mass is 497 g/mol. The van der Waals surface area contributed by atoms with E-state index in [0.29, 0.717) is 28.6 Å². The third-order valence-corrected chi connectivity index (χ3v) is 4.81. The van der Waals surface area contributed by atoms with Crippen molar-refractivity contribution >= 4 is 29.3 Å². The Morgan fingerprint density at radius 3 is 2.19 bits per heavy atom. The van der Waals surface area contributed by atoms with Crippen LogP contribution in [0.5, 0.6) is 5.75 Å². The standard InChI is InChI=1S/C19H11Cl2F6N3O2/c20-13-6-1-10(7-14(13)21)8-28-17(31)32-15-9-29-30(16(15)19(25,26)27)12-4-2-11(3-5-12)18(22,23)24/h1-7,9H,8H2,(H,28,31). The predicted octanol–water partition coefficient (Wildman–Crippen LogP) is 6.51. The van der Waals surface area contributed by atoms with Crippen molar-refractivity contribution in [1.29, 1.82) is 0 Å². The van der Waals surface area contributed by atoms with Gasteiger partial charge in [0.2, 0.25) is 0 Å². The Morgan fingerprint density at radius 1 is 0.969 bits per heavy atom. The van der Waals surface area contributed by atoms with Crippen molar-refractivity contribution in [3.8, 4) is 11.4 Å². The molecule has 3 aromatic rings. The van der Waals surface area contributed by atoms with Crippen molar-refractivity contribution in [1.82, 2.24) is 15.1 Å². The Morgan fingerprint density at radius 2 is 1.62 bits per heavy atom. The van der Waals surface area contributed by atoms with E-state index in [9.17, 15) is 31.1 Å². The molecule has 0 saturated carbocycles. The predicted molar refractivity (Wildman–Crippen MR) is 103 cm³/mol. The van der Waals surface area contributed by atoms with Gasteiger partial charge in [0, 0.05) is 6.54 Å².